The molecule has 8 nitrogen and oxygen atoms in total. The molecule has 1 atom stereocenters. The number of nitrogens with zero attached hydrogens (tertiary/aromatic N) is 5. The van der Waals surface area contributed by atoms with Gasteiger partial charge in [-0.25, -0.2) is 4.68 Å². The summed E-state index contributed by atoms with van der Waals surface area (Å²) in [7, 11) is 1.64. The van der Waals surface area contributed by atoms with Crippen LogP contribution >= 0.6 is 11.6 Å². The average Bonchev–Trinajstić information content (AvgIpc) is 3.40. The zero-order valence-electron chi connectivity index (χ0n) is 15.4. The van der Waals surface area contributed by atoms with Crippen LogP contribution in [-0.2, 0) is 17.9 Å². The van der Waals surface area contributed by atoms with Crippen molar-refractivity contribution in [2.24, 2.45) is 0 Å². The highest BCUT2D eigenvalue weighted by Crippen LogP contribution is 2.32. The fraction of sp³-hybridized carbons (Fsp3) is 0.200. The average molecular weight is 410 g/mol. The van der Waals surface area contributed by atoms with Gasteiger partial charge in [-0.2, -0.15) is 4.98 Å². The Morgan fingerprint density at radius 1 is 1.17 bits per heavy atom. The molecular weight excluding hydrogens is 394 g/mol. The van der Waals surface area contributed by atoms with Crippen molar-refractivity contribution in [1.29, 1.82) is 0 Å². The van der Waals surface area contributed by atoms with Gasteiger partial charge in [0.05, 0.1) is 31.0 Å². The minimum Gasteiger partial charge on any atom is -0.497 e. The van der Waals surface area contributed by atoms with Crippen LogP contribution in [0.3, 0.4) is 0 Å². The van der Waals surface area contributed by atoms with Gasteiger partial charge in [0.25, 0.3) is 5.89 Å². The van der Waals surface area contributed by atoms with Crippen molar-refractivity contribution in [3.05, 3.63) is 64.8 Å². The van der Waals surface area contributed by atoms with Gasteiger partial charge < -0.3 is 14.0 Å². The molecule has 0 bridgehead atoms. The highest BCUT2D eigenvalue weighted by atomic mass is 35.5. The predicted octanol–water partition coefficient (Wildman–Crippen LogP) is 3.93. The van der Waals surface area contributed by atoms with Gasteiger partial charge in [-0.1, -0.05) is 46.2 Å². The number of fused-ring (bicyclic) bond motifs is 1. The molecule has 0 fully saturated rings. The summed E-state index contributed by atoms with van der Waals surface area (Å²) in [6.45, 7) is 0.856. The Morgan fingerprint density at radius 3 is 2.93 bits per heavy atom. The van der Waals surface area contributed by atoms with Crippen molar-refractivity contribution in [1.82, 2.24) is 25.1 Å². The van der Waals surface area contributed by atoms with Crippen LogP contribution in [0.5, 0.6) is 5.75 Å². The lowest BCUT2D eigenvalue weighted by Crippen LogP contribution is -2.22. The molecule has 1 aliphatic heterocycles. The minimum atomic E-state index is -0.145. The van der Waals surface area contributed by atoms with E-state index in [1.165, 1.54) is 0 Å². The van der Waals surface area contributed by atoms with Gasteiger partial charge >= 0.3 is 0 Å². The first kappa shape index (κ1) is 17.8. The molecule has 1 aliphatic rings. The second-order valence-electron chi connectivity index (χ2n) is 6.55. The van der Waals surface area contributed by atoms with Crippen molar-refractivity contribution in [3.63, 3.8) is 0 Å². The normalized spacial score (nSPS) is 15.9. The van der Waals surface area contributed by atoms with E-state index in [0.29, 0.717) is 35.3 Å². The Balaban J connectivity index is 1.42. The molecule has 29 heavy (non-hydrogen) atoms. The Morgan fingerprint density at radius 2 is 2.07 bits per heavy atom. The van der Waals surface area contributed by atoms with E-state index in [9.17, 15) is 0 Å². The lowest BCUT2D eigenvalue weighted by molar-refractivity contribution is -0.00127. The van der Waals surface area contributed by atoms with Crippen molar-refractivity contribution in [2.75, 3.05) is 7.11 Å². The number of ether oxygens (including phenoxy) is 2. The Bertz CT molecular complexity index is 1170. The molecule has 0 N–H and O–H groups in total. The van der Waals surface area contributed by atoms with Crippen LogP contribution in [0, 0.1) is 0 Å². The molecule has 0 saturated heterocycles. The molecule has 146 valence electrons. The third-order valence-electron chi connectivity index (χ3n) is 4.81. The van der Waals surface area contributed by atoms with E-state index in [2.05, 4.69) is 20.5 Å². The molecule has 5 rings (SSSR count). The van der Waals surface area contributed by atoms with Gasteiger partial charge in [0.2, 0.25) is 5.82 Å². The highest BCUT2D eigenvalue weighted by molar-refractivity contribution is 6.33. The van der Waals surface area contributed by atoms with E-state index < -0.39 is 0 Å². The van der Waals surface area contributed by atoms with Gasteiger partial charge in [0.1, 0.15) is 11.9 Å². The topological polar surface area (TPSA) is 88.1 Å². The van der Waals surface area contributed by atoms with Crippen LogP contribution in [0.1, 0.15) is 17.4 Å². The predicted molar refractivity (Wildman–Crippen MR) is 104 cm³/mol. The molecule has 9 heteroatoms. The maximum Gasteiger partial charge on any atom is 0.280 e. The first-order chi connectivity index (χ1) is 14.2. The number of rotatable bonds is 4. The van der Waals surface area contributed by atoms with E-state index in [4.69, 9.17) is 25.6 Å². The van der Waals surface area contributed by atoms with E-state index in [0.717, 1.165) is 17.0 Å². The standard InChI is InChI=1S/C20H16ClN5O3/c1-27-13-6-4-5-12(9-13)17-10-26-16(11-28-17)18(23-25-26)20-22-19(24-29-20)14-7-2-3-8-15(14)21/h2-9,17H,10-11H2,1H3. The molecule has 0 aliphatic carbocycles. The number of benzene rings is 2. The van der Waals surface area contributed by atoms with Crippen LogP contribution in [0.25, 0.3) is 23.0 Å². The first-order valence-corrected chi connectivity index (χ1v) is 9.37. The largest absolute Gasteiger partial charge is 0.497 e. The van der Waals surface area contributed by atoms with Gasteiger partial charge in [-0.15, -0.1) is 5.10 Å². The van der Waals surface area contributed by atoms with Gasteiger partial charge in [0, 0.05) is 5.56 Å². The maximum atomic E-state index is 6.22. The molecule has 0 radical (unpaired) electrons. The van der Waals surface area contributed by atoms with E-state index in [1.54, 1.807) is 13.2 Å². The molecule has 4 aromatic rings. The number of halogens is 1. The molecule has 0 spiro atoms. The third-order valence-corrected chi connectivity index (χ3v) is 5.14. The fourth-order valence-electron chi connectivity index (χ4n) is 3.29. The SMILES string of the molecule is COc1cccc(C2Cn3nnc(-c4nc(-c5ccccc5Cl)no4)c3CO2)c1. The molecule has 2 aromatic carbocycles. The summed E-state index contributed by atoms with van der Waals surface area (Å²) in [5.74, 6) is 1.47. The smallest absolute Gasteiger partial charge is 0.280 e. The molecule has 0 amide bonds. The first-order valence-electron chi connectivity index (χ1n) is 9.00. The van der Waals surface area contributed by atoms with Crippen LogP contribution in [0.4, 0.5) is 0 Å². The van der Waals surface area contributed by atoms with Crippen LogP contribution in [0.2, 0.25) is 5.02 Å². The summed E-state index contributed by atoms with van der Waals surface area (Å²) < 4.78 is 18.6. The number of methoxy groups -OCH3 is 1. The van der Waals surface area contributed by atoms with Crippen molar-refractivity contribution in [3.8, 4) is 28.7 Å². The molecule has 3 heterocycles. The third kappa shape index (κ3) is 3.26. The summed E-state index contributed by atoms with van der Waals surface area (Å²) in [4.78, 5) is 4.44. The Kier molecular flexibility index (Phi) is 4.49. The monoisotopic (exact) mass is 409 g/mol. The number of aromatic nitrogens is 5. The lowest BCUT2D eigenvalue weighted by atomic mass is 10.1. The second kappa shape index (κ2) is 7.31. The van der Waals surface area contributed by atoms with E-state index in [-0.39, 0.29) is 12.0 Å². The molecular formula is C20H16ClN5O3. The number of hydrogen-bond donors (Lipinski definition) is 0. The van der Waals surface area contributed by atoms with Crippen molar-refractivity contribution in [2.45, 2.75) is 19.3 Å². The zero-order chi connectivity index (χ0) is 19.8. The lowest BCUT2D eigenvalue weighted by Gasteiger charge is -2.24. The number of hydrogen-bond acceptors (Lipinski definition) is 7. The van der Waals surface area contributed by atoms with Crippen molar-refractivity contribution >= 4 is 11.6 Å². The Labute approximate surface area is 171 Å². The molecule has 1 unspecified atom stereocenters. The minimum absolute atomic E-state index is 0.145. The molecule has 0 saturated carbocycles. The van der Waals surface area contributed by atoms with E-state index in [1.807, 2.05) is 47.1 Å². The van der Waals surface area contributed by atoms with Gasteiger partial charge in [0.15, 0.2) is 5.69 Å². The summed E-state index contributed by atoms with van der Waals surface area (Å²) in [5.41, 5.74) is 3.02. The van der Waals surface area contributed by atoms with Gasteiger partial charge in [-0.3, -0.25) is 0 Å². The quantitative estimate of drug-likeness (QED) is 0.504. The van der Waals surface area contributed by atoms with Crippen LogP contribution in [-0.4, -0.2) is 32.2 Å². The van der Waals surface area contributed by atoms with Crippen LogP contribution in [0.15, 0.2) is 53.1 Å². The fourth-order valence-corrected chi connectivity index (χ4v) is 3.51. The van der Waals surface area contributed by atoms with Crippen LogP contribution < -0.4 is 4.74 Å². The summed E-state index contributed by atoms with van der Waals surface area (Å²) >= 11 is 6.22. The van der Waals surface area contributed by atoms with E-state index >= 15 is 0 Å². The van der Waals surface area contributed by atoms with Crippen molar-refractivity contribution < 1.29 is 14.0 Å². The van der Waals surface area contributed by atoms with Gasteiger partial charge in [-0.05, 0) is 29.8 Å². The summed E-state index contributed by atoms with van der Waals surface area (Å²) in [6, 6.07) is 15.1. The summed E-state index contributed by atoms with van der Waals surface area (Å²) in [5, 5.41) is 13.1. The highest BCUT2D eigenvalue weighted by Gasteiger charge is 2.28. The second-order valence-corrected chi connectivity index (χ2v) is 6.95. The summed E-state index contributed by atoms with van der Waals surface area (Å²) in [6.07, 6.45) is -0.145. The zero-order valence-corrected chi connectivity index (χ0v) is 16.2. The Hall–Kier alpha value is -3.23. The molecule has 2 aromatic heterocycles. The maximum absolute atomic E-state index is 6.22.